The standard InChI is InChI=1S/C20H28N6O6S2/c1-3-11-34(31,32)15-9-5-4-8-14(15)23-18-16(17(21)27)19(28)25-20(24-18)22-13-7-6-10-26(12-13)33(2,29)30/h4-5,8-9,13H,3,6-7,10-12H2,1-2H3,(H2,21,27)(H3,22,23,24,25,28). The number of nitrogens with one attached hydrogen (secondary N) is 3. The van der Waals surface area contributed by atoms with E-state index in [1.165, 1.54) is 16.4 Å². The number of piperidine rings is 1. The quantitative estimate of drug-likeness (QED) is 0.374. The summed E-state index contributed by atoms with van der Waals surface area (Å²) < 4.78 is 50.5. The van der Waals surface area contributed by atoms with E-state index in [0.29, 0.717) is 25.8 Å². The Morgan fingerprint density at radius 1 is 1.26 bits per heavy atom. The molecule has 0 bridgehead atoms. The lowest BCUT2D eigenvalue weighted by atomic mass is 10.1. The van der Waals surface area contributed by atoms with Gasteiger partial charge >= 0.3 is 0 Å². The molecule has 186 valence electrons. The van der Waals surface area contributed by atoms with E-state index >= 15 is 0 Å². The van der Waals surface area contributed by atoms with Crippen LogP contribution < -0.4 is 21.9 Å². The number of nitrogens with zero attached hydrogens (tertiary/aromatic N) is 2. The first-order chi connectivity index (χ1) is 15.9. The van der Waals surface area contributed by atoms with Gasteiger partial charge in [0.25, 0.3) is 11.5 Å². The van der Waals surface area contributed by atoms with Crippen molar-refractivity contribution in [2.45, 2.75) is 37.1 Å². The molecule has 2 heterocycles. The Labute approximate surface area is 197 Å². The van der Waals surface area contributed by atoms with Gasteiger partial charge in [-0.1, -0.05) is 19.1 Å². The van der Waals surface area contributed by atoms with Crippen molar-refractivity contribution in [1.82, 2.24) is 14.3 Å². The lowest BCUT2D eigenvalue weighted by Crippen LogP contribution is -2.45. The maximum atomic E-state index is 12.7. The first-order valence-electron chi connectivity index (χ1n) is 10.7. The Morgan fingerprint density at radius 3 is 2.62 bits per heavy atom. The number of hydrogen-bond donors (Lipinski definition) is 4. The highest BCUT2D eigenvalue weighted by Crippen LogP contribution is 2.27. The van der Waals surface area contributed by atoms with Gasteiger partial charge in [0.05, 0.1) is 22.6 Å². The van der Waals surface area contributed by atoms with Gasteiger partial charge in [-0.15, -0.1) is 0 Å². The second kappa shape index (κ2) is 10.1. The molecule has 1 fully saturated rings. The van der Waals surface area contributed by atoms with Crippen LogP contribution in [0.3, 0.4) is 0 Å². The molecule has 0 radical (unpaired) electrons. The third kappa shape index (κ3) is 5.93. The molecular formula is C20H28N6O6S2. The summed E-state index contributed by atoms with van der Waals surface area (Å²) in [5.74, 6) is -1.35. The number of carbonyl (C=O) groups excluding carboxylic acids is 1. The van der Waals surface area contributed by atoms with E-state index in [1.54, 1.807) is 19.1 Å². The Kier molecular flexibility index (Phi) is 7.63. The maximum Gasteiger partial charge on any atom is 0.267 e. The lowest BCUT2D eigenvalue weighted by Gasteiger charge is -2.31. The fourth-order valence-electron chi connectivity index (χ4n) is 3.76. The Bertz CT molecular complexity index is 1340. The fraction of sp³-hybridized carbons (Fsp3) is 0.450. The molecule has 12 nitrogen and oxygen atoms in total. The number of amides is 1. The number of primary amides is 1. The number of aromatic nitrogens is 2. The number of hydrogen-bond acceptors (Lipinski definition) is 9. The highest BCUT2D eigenvalue weighted by Gasteiger charge is 2.27. The molecule has 1 saturated heterocycles. The van der Waals surface area contributed by atoms with Crippen LogP contribution in [0.15, 0.2) is 34.0 Å². The molecule has 1 aromatic heterocycles. The number of para-hydroxylation sites is 1. The average molecular weight is 513 g/mol. The van der Waals surface area contributed by atoms with Gasteiger partial charge in [0, 0.05) is 19.1 Å². The zero-order valence-electron chi connectivity index (χ0n) is 18.9. The predicted octanol–water partition coefficient (Wildman–Crippen LogP) is 0.632. The molecule has 1 aliphatic heterocycles. The van der Waals surface area contributed by atoms with Crippen LogP contribution >= 0.6 is 0 Å². The largest absolute Gasteiger partial charge is 0.365 e. The monoisotopic (exact) mass is 512 g/mol. The highest BCUT2D eigenvalue weighted by molar-refractivity contribution is 7.91. The third-order valence-electron chi connectivity index (χ3n) is 5.31. The van der Waals surface area contributed by atoms with Crippen LogP contribution in [0.25, 0.3) is 0 Å². The zero-order valence-corrected chi connectivity index (χ0v) is 20.5. The molecule has 1 amide bonds. The number of nitrogens with two attached hydrogens (primary N) is 1. The first kappa shape index (κ1) is 25.6. The minimum absolute atomic E-state index is 0.0000593. The second-order valence-electron chi connectivity index (χ2n) is 8.05. The Morgan fingerprint density at radius 2 is 1.97 bits per heavy atom. The molecule has 0 aliphatic carbocycles. The van der Waals surface area contributed by atoms with Gasteiger partial charge in [0.2, 0.25) is 16.0 Å². The van der Waals surface area contributed by atoms with Crippen molar-refractivity contribution in [2.75, 3.05) is 35.7 Å². The van der Waals surface area contributed by atoms with Crippen LogP contribution in [0, 0.1) is 0 Å². The number of sulfone groups is 1. The molecule has 5 N–H and O–H groups in total. The van der Waals surface area contributed by atoms with Crippen LogP contribution in [-0.4, -0.2) is 68.2 Å². The molecule has 34 heavy (non-hydrogen) atoms. The van der Waals surface area contributed by atoms with E-state index in [2.05, 4.69) is 20.6 Å². The van der Waals surface area contributed by atoms with Crippen molar-refractivity contribution in [1.29, 1.82) is 0 Å². The topological polar surface area (TPSA) is 184 Å². The van der Waals surface area contributed by atoms with Crippen molar-refractivity contribution < 1.29 is 21.6 Å². The number of aromatic amines is 1. The van der Waals surface area contributed by atoms with Crippen LogP contribution in [-0.2, 0) is 19.9 Å². The van der Waals surface area contributed by atoms with Crippen molar-refractivity contribution in [3.63, 3.8) is 0 Å². The summed E-state index contributed by atoms with van der Waals surface area (Å²) in [5.41, 5.74) is 4.25. The second-order valence-corrected chi connectivity index (χ2v) is 12.1. The van der Waals surface area contributed by atoms with E-state index in [9.17, 15) is 26.4 Å². The summed E-state index contributed by atoms with van der Waals surface area (Å²) in [4.78, 5) is 31.3. The van der Waals surface area contributed by atoms with Crippen LogP contribution in [0.2, 0.25) is 0 Å². The highest BCUT2D eigenvalue weighted by atomic mass is 32.2. The van der Waals surface area contributed by atoms with Gasteiger partial charge in [-0.3, -0.25) is 14.6 Å². The number of carbonyl (C=O) groups is 1. The summed E-state index contributed by atoms with van der Waals surface area (Å²) in [6.07, 6.45) is 2.78. The molecule has 3 rings (SSSR count). The van der Waals surface area contributed by atoms with Gasteiger partial charge < -0.3 is 16.4 Å². The molecular weight excluding hydrogens is 484 g/mol. The molecule has 2 aromatic rings. The van der Waals surface area contributed by atoms with Gasteiger partial charge in [-0.25, -0.2) is 21.1 Å². The molecule has 1 unspecified atom stereocenters. The molecule has 0 spiro atoms. The SMILES string of the molecule is CCCS(=O)(=O)c1ccccc1Nc1nc(NC2CCCN(S(C)(=O)=O)C2)[nH]c(=O)c1C(N)=O. The number of H-pyrrole nitrogens is 1. The van der Waals surface area contributed by atoms with Crippen molar-refractivity contribution in [2.24, 2.45) is 5.73 Å². The van der Waals surface area contributed by atoms with E-state index < -0.39 is 36.9 Å². The summed E-state index contributed by atoms with van der Waals surface area (Å²) in [6, 6.07) is 5.75. The minimum atomic E-state index is -3.63. The molecule has 1 atom stereocenters. The number of sulfonamides is 1. The number of rotatable bonds is 9. The van der Waals surface area contributed by atoms with Crippen LogP contribution in [0.1, 0.15) is 36.5 Å². The van der Waals surface area contributed by atoms with Crippen LogP contribution in [0.5, 0.6) is 0 Å². The van der Waals surface area contributed by atoms with E-state index in [0.717, 1.165) is 6.26 Å². The molecule has 1 aliphatic rings. The maximum absolute atomic E-state index is 12.7. The van der Waals surface area contributed by atoms with Gasteiger partial charge in [-0.05, 0) is 31.4 Å². The van der Waals surface area contributed by atoms with Gasteiger partial charge in [0.15, 0.2) is 15.7 Å². The Hall–Kier alpha value is -2.97. The summed E-state index contributed by atoms with van der Waals surface area (Å²) >= 11 is 0. The van der Waals surface area contributed by atoms with Gasteiger partial charge in [0.1, 0.15) is 5.56 Å². The normalized spacial score (nSPS) is 17.3. The molecule has 0 saturated carbocycles. The number of anilines is 3. The lowest BCUT2D eigenvalue weighted by molar-refractivity contribution is 0.0999. The van der Waals surface area contributed by atoms with Crippen LogP contribution in [0.4, 0.5) is 17.5 Å². The smallest absolute Gasteiger partial charge is 0.267 e. The zero-order chi connectivity index (χ0) is 25.1. The van der Waals surface area contributed by atoms with E-state index in [4.69, 9.17) is 5.73 Å². The van der Waals surface area contributed by atoms with Gasteiger partial charge in [-0.2, -0.15) is 4.98 Å². The fourth-order valence-corrected chi connectivity index (χ4v) is 6.17. The number of benzene rings is 1. The van der Waals surface area contributed by atoms with Crippen molar-refractivity contribution >= 4 is 43.2 Å². The molecule has 1 aromatic carbocycles. The van der Waals surface area contributed by atoms with Crippen molar-refractivity contribution in [3.05, 3.63) is 40.2 Å². The molecule has 14 heteroatoms. The average Bonchev–Trinajstić information content (AvgIpc) is 2.73. The Balaban J connectivity index is 1.98. The first-order valence-corrected chi connectivity index (χ1v) is 14.2. The summed E-state index contributed by atoms with van der Waals surface area (Å²) in [6.45, 7) is 2.32. The van der Waals surface area contributed by atoms with E-state index in [1.807, 2.05) is 0 Å². The minimum Gasteiger partial charge on any atom is -0.365 e. The summed E-state index contributed by atoms with van der Waals surface area (Å²) in [7, 11) is -7.01. The third-order valence-corrected chi connectivity index (χ3v) is 8.55. The predicted molar refractivity (Wildman–Crippen MR) is 129 cm³/mol. The van der Waals surface area contributed by atoms with Crippen molar-refractivity contribution in [3.8, 4) is 0 Å². The summed E-state index contributed by atoms with van der Waals surface area (Å²) in [5, 5.41) is 5.78. The van der Waals surface area contributed by atoms with E-state index in [-0.39, 0.29) is 40.7 Å².